The molecule has 3 aromatic rings. The largest absolute Gasteiger partial charge is 0.435 e. The normalized spacial score (nSPS) is 13.8. The lowest BCUT2D eigenvalue weighted by molar-refractivity contribution is 0.455. The van der Waals surface area contributed by atoms with E-state index in [1.807, 2.05) is 26.8 Å². The summed E-state index contributed by atoms with van der Waals surface area (Å²) in [6.45, 7) is 5.63. The summed E-state index contributed by atoms with van der Waals surface area (Å²) in [6.07, 6.45) is 5.25. The number of ether oxygens (including phenoxy) is 1. The van der Waals surface area contributed by atoms with Gasteiger partial charge in [-0.3, -0.25) is 14.7 Å². The highest BCUT2D eigenvalue weighted by molar-refractivity contribution is 7.93. The molecule has 0 radical (unpaired) electrons. The van der Waals surface area contributed by atoms with Gasteiger partial charge in [-0.25, -0.2) is 13.4 Å². The maximum Gasteiger partial charge on any atom is 0.244 e. The van der Waals surface area contributed by atoms with Gasteiger partial charge < -0.3 is 4.74 Å². The van der Waals surface area contributed by atoms with Crippen LogP contribution >= 0.6 is 0 Å². The molecule has 8 nitrogen and oxygen atoms in total. The van der Waals surface area contributed by atoms with Crippen LogP contribution < -0.4 is 9.46 Å². The molecule has 9 heteroatoms. The maximum atomic E-state index is 12.8. The van der Waals surface area contributed by atoms with Crippen LogP contribution in [0.1, 0.15) is 41.8 Å². The van der Waals surface area contributed by atoms with Gasteiger partial charge in [0.25, 0.3) is 0 Å². The number of aromatic nitrogens is 3. The minimum absolute atomic E-state index is 0.115. The van der Waals surface area contributed by atoms with E-state index in [4.69, 9.17) is 4.74 Å². The number of aryl methyl sites for hydroxylation is 3. The summed E-state index contributed by atoms with van der Waals surface area (Å²) >= 11 is 0. The zero-order chi connectivity index (χ0) is 22.9. The highest BCUT2D eigenvalue weighted by atomic mass is 32.2. The fraction of sp³-hybridized carbons (Fsp3) is 0.304. The number of sulfonamides is 1. The van der Waals surface area contributed by atoms with E-state index in [1.54, 1.807) is 24.4 Å². The van der Waals surface area contributed by atoms with Crippen molar-refractivity contribution in [3.05, 3.63) is 59.2 Å². The highest BCUT2D eigenvalue weighted by Gasteiger charge is 2.32. The number of nitriles is 1. The molecule has 0 amide bonds. The number of hydrogen-bond acceptors (Lipinski definition) is 7. The number of pyridine rings is 3. The first kappa shape index (κ1) is 21.7. The summed E-state index contributed by atoms with van der Waals surface area (Å²) in [5.41, 5.74) is 4.18. The molecule has 1 fully saturated rings. The topological polar surface area (TPSA) is 118 Å². The molecule has 32 heavy (non-hydrogen) atoms. The Labute approximate surface area is 187 Å². The molecule has 4 rings (SSSR count). The number of nitrogens with zero attached hydrogens (tertiary/aromatic N) is 4. The zero-order valence-electron chi connectivity index (χ0n) is 18.1. The zero-order valence-corrected chi connectivity index (χ0v) is 18.9. The van der Waals surface area contributed by atoms with Crippen molar-refractivity contribution in [3.63, 3.8) is 0 Å². The van der Waals surface area contributed by atoms with E-state index in [2.05, 4.69) is 25.7 Å². The molecule has 0 spiro atoms. The molecule has 164 valence electrons. The predicted octanol–water partition coefficient (Wildman–Crippen LogP) is 4.42. The molecule has 1 N–H and O–H groups in total. The van der Waals surface area contributed by atoms with Crippen molar-refractivity contribution in [2.24, 2.45) is 0 Å². The van der Waals surface area contributed by atoms with Crippen molar-refractivity contribution < 1.29 is 13.2 Å². The Morgan fingerprint density at radius 1 is 1.12 bits per heavy atom. The van der Waals surface area contributed by atoms with Gasteiger partial charge in [-0.1, -0.05) is 6.42 Å². The number of rotatable bonds is 6. The third-order valence-electron chi connectivity index (χ3n) is 5.42. The molecule has 1 aliphatic rings. The highest BCUT2D eigenvalue weighted by Crippen LogP contribution is 2.36. The summed E-state index contributed by atoms with van der Waals surface area (Å²) < 4.78 is 34.3. The summed E-state index contributed by atoms with van der Waals surface area (Å²) in [7, 11) is -3.55. The van der Waals surface area contributed by atoms with Crippen molar-refractivity contribution in [2.75, 3.05) is 4.72 Å². The fourth-order valence-corrected chi connectivity index (χ4v) is 5.16. The predicted molar refractivity (Wildman–Crippen MR) is 121 cm³/mol. The first-order valence-corrected chi connectivity index (χ1v) is 11.8. The number of nitrogens with one attached hydrogen (secondary N) is 1. The van der Waals surface area contributed by atoms with Crippen molar-refractivity contribution in [1.29, 1.82) is 5.26 Å². The van der Waals surface area contributed by atoms with Gasteiger partial charge in [0.15, 0.2) is 5.75 Å². The van der Waals surface area contributed by atoms with Crippen LogP contribution in [0, 0.1) is 32.1 Å². The second-order valence-electron chi connectivity index (χ2n) is 7.92. The van der Waals surface area contributed by atoms with Gasteiger partial charge in [0, 0.05) is 23.7 Å². The summed E-state index contributed by atoms with van der Waals surface area (Å²) in [6, 6.07) is 8.92. The van der Waals surface area contributed by atoms with Gasteiger partial charge in [-0.2, -0.15) is 5.26 Å². The van der Waals surface area contributed by atoms with Crippen LogP contribution in [-0.2, 0) is 10.0 Å². The number of anilines is 1. The van der Waals surface area contributed by atoms with E-state index in [1.165, 1.54) is 6.20 Å². The van der Waals surface area contributed by atoms with Gasteiger partial charge in [0.05, 0.1) is 22.2 Å². The second kappa shape index (κ2) is 8.55. The average Bonchev–Trinajstić information content (AvgIpc) is 2.69. The van der Waals surface area contributed by atoms with Crippen LogP contribution in [0.15, 0.2) is 36.7 Å². The molecule has 0 saturated heterocycles. The van der Waals surface area contributed by atoms with Gasteiger partial charge in [0.2, 0.25) is 15.9 Å². The summed E-state index contributed by atoms with van der Waals surface area (Å²) in [5, 5.41) is 8.77. The molecule has 3 heterocycles. The van der Waals surface area contributed by atoms with Crippen LogP contribution in [0.5, 0.6) is 11.6 Å². The molecule has 0 bridgehead atoms. The second-order valence-corrected chi connectivity index (χ2v) is 9.88. The van der Waals surface area contributed by atoms with Crippen molar-refractivity contribution in [2.45, 2.75) is 45.3 Å². The lowest BCUT2D eigenvalue weighted by Crippen LogP contribution is -2.33. The lowest BCUT2D eigenvalue weighted by Gasteiger charge is -2.26. The molecule has 0 unspecified atom stereocenters. The first-order chi connectivity index (χ1) is 15.3. The van der Waals surface area contributed by atoms with Gasteiger partial charge in [0.1, 0.15) is 11.8 Å². The molecule has 1 aliphatic carbocycles. The Bertz CT molecular complexity index is 1300. The average molecular weight is 450 g/mol. The monoisotopic (exact) mass is 449 g/mol. The summed E-state index contributed by atoms with van der Waals surface area (Å²) in [4.78, 5) is 13.1. The van der Waals surface area contributed by atoms with Crippen molar-refractivity contribution in [1.82, 2.24) is 15.0 Å². The van der Waals surface area contributed by atoms with Gasteiger partial charge in [-0.05, 0) is 63.4 Å². The minimum atomic E-state index is -3.55. The number of hydrogen-bond donors (Lipinski definition) is 1. The van der Waals surface area contributed by atoms with Gasteiger partial charge >= 0.3 is 0 Å². The van der Waals surface area contributed by atoms with Crippen LogP contribution in [0.4, 0.5) is 5.69 Å². The molecular formula is C23H23N5O3S. The van der Waals surface area contributed by atoms with E-state index in [0.717, 1.165) is 17.7 Å². The standard InChI is InChI=1S/C23H23N5O3S/c1-14-9-15(2)26-16(3)22(14)31-23-21(28-32(29,30)19-5-4-6-19)8-7-20(27-23)18-10-17(11-24)12-25-13-18/h7-10,12-13,19,28H,4-6H2,1-3H3. The molecule has 0 aromatic carbocycles. The summed E-state index contributed by atoms with van der Waals surface area (Å²) in [5.74, 6) is 0.637. The third kappa shape index (κ3) is 4.41. The maximum absolute atomic E-state index is 12.8. The molecule has 0 aliphatic heterocycles. The fourth-order valence-electron chi connectivity index (χ4n) is 3.58. The SMILES string of the molecule is Cc1cc(C)c(Oc2nc(-c3cncc(C#N)c3)ccc2NS(=O)(=O)C2CCC2)c(C)n1. The third-order valence-corrected chi connectivity index (χ3v) is 7.28. The van der Waals surface area contributed by atoms with Crippen molar-refractivity contribution >= 4 is 15.7 Å². The molecule has 3 aromatic heterocycles. The van der Waals surface area contributed by atoms with Crippen LogP contribution in [0.3, 0.4) is 0 Å². The Morgan fingerprint density at radius 2 is 1.91 bits per heavy atom. The smallest absolute Gasteiger partial charge is 0.244 e. The van der Waals surface area contributed by atoms with Crippen LogP contribution in [0.2, 0.25) is 0 Å². The Morgan fingerprint density at radius 3 is 2.56 bits per heavy atom. The van der Waals surface area contributed by atoms with E-state index in [-0.39, 0.29) is 11.6 Å². The van der Waals surface area contributed by atoms with E-state index < -0.39 is 15.3 Å². The van der Waals surface area contributed by atoms with E-state index in [0.29, 0.717) is 41.1 Å². The quantitative estimate of drug-likeness (QED) is 0.592. The van der Waals surface area contributed by atoms with Crippen LogP contribution in [0.25, 0.3) is 11.3 Å². The molecule has 0 atom stereocenters. The van der Waals surface area contributed by atoms with Crippen LogP contribution in [-0.4, -0.2) is 28.6 Å². The van der Waals surface area contributed by atoms with E-state index >= 15 is 0 Å². The minimum Gasteiger partial charge on any atom is -0.435 e. The van der Waals surface area contributed by atoms with Gasteiger partial charge in [-0.15, -0.1) is 0 Å². The lowest BCUT2D eigenvalue weighted by atomic mass is 10.0. The van der Waals surface area contributed by atoms with E-state index in [9.17, 15) is 13.7 Å². The Hall–Kier alpha value is -3.51. The first-order valence-electron chi connectivity index (χ1n) is 10.3. The molecular weight excluding hydrogens is 426 g/mol. The van der Waals surface area contributed by atoms with Crippen molar-refractivity contribution in [3.8, 4) is 29.0 Å². The Balaban J connectivity index is 1.78. The molecule has 1 saturated carbocycles. The Kier molecular flexibility index (Phi) is 5.80.